The van der Waals surface area contributed by atoms with Crippen LogP contribution < -0.4 is 11.3 Å². The van der Waals surface area contributed by atoms with E-state index in [2.05, 4.69) is 34.7 Å². The van der Waals surface area contributed by atoms with Crippen LogP contribution in [0.25, 0.3) is 0 Å². The molecule has 0 bridgehead atoms. The van der Waals surface area contributed by atoms with Crippen molar-refractivity contribution < 1.29 is 4.74 Å². The fourth-order valence-corrected chi connectivity index (χ4v) is 1.57. The van der Waals surface area contributed by atoms with Crippen molar-refractivity contribution in [1.82, 2.24) is 5.43 Å². The maximum Gasteiger partial charge on any atom is 0.110 e. The monoisotopic (exact) mass is 235 g/mol. The Kier molecular flexibility index (Phi) is 7.02. The SMILES string of the molecule is COCCN=C(CCCc1ccccc1)NN. The smallest absolute Gasteiger partial charge is 0.110 e. The molecule has 0 saturated carbocycles. The lowest BCUT2D eigenvalue weighted by molar-refractivity contribution is 0.208. The van der Waals surface area contributed by atoms with Crippen molar-refractivity contribution in [3.63, 3.8) is 0 Å². The molecule has 0 amide bonds. The topological polar surface area (TPSA) is 59.6 Å². The molecule has 0 saturated heterocycles. The predicted octanol–water partition coefficient (Wildman–Crippen LogP) is 1.52. The van der Waals surface area contributed by atoms with Gasteiger partial charge in [0, 0.05) is 13.5 Å². The molecule has 94 valence electrons. The second-order valence-corrected chi connectivity index (χ2v) is 3.80. The second-order valence-electron chi connectivity index (χ2n) is 3.80. The highest BCUT2D eigenvalue weighted by Crippen LogP contribution is 2.04. The summed E-state index contributed by atoms with van der Waals surface area (Å²) in [5.41, 5.74) is 3.99. The van der Waals surface area contributed by atoms with Gasteiger partial charge in [-0.1, -0.05) is 30.3 Å². The minimum absolute atomic E-state index is 0.629. The first-order valence-corrected chi connectivity index (χ1v) is 5.89. The summed E-state index contributed by atoms with van der Waals surface area (Å²) in [6.45, 7) is 1.28. The molecular weight excluding hydrogens is 214 g/mol. The average Bonchev–Trinajstić information content (AvgIpc) is 2.38. The van der Waals surface area contributed by atoms with Crippen LogP contribution in [0, 0.1) is 0 Å². The first kappa shape index (κ1) is 13.7. The molecule has 1 aromatic rings. The van der Waals surface area contributed by atoms with Crippen LogP contribution in [0.3, 0.4) is 0 Å². The second kappa shape index (κ2) is 8.73. The van der Waals surface area contributed by atoms with Gasteiger partial charge in [0.05, 0.1) is 13.2 Å². The zero-order valence-electron chi connectivity index (χ0n) is 10.4. The Hall–Kier alpha value is -1.39. The van der Waals surface area contributed by atoms with E-state index in [1.807, 2.05) is 6.07 Å². The van der Waals surface area contributed by atoms with Gasteiger partial charge in [0.25, 0.3) is 0 Å². The highest BCUT2D eigenvalue weighted by Gasteiger charge is 1.97. The van der Waals surface area contributed by atoms with E-state index in [0.717, 1.165) is 25.1 Å². The van der Waals surface area contributed by atoms with Gasteiger partial charge >= 0.3 is 0 Å². The third-order valence-corrected chi connectivity index (χ3v) is 2.49. The molecule has 0 aliphatic heterocycles. The van der Waals surface area contributed by atoms with Crippen molar-refractivity contribution in [2.75, 3.05) is 20.3 Å². The average molecular weight is 235 g/mol. The van der Waals surface area contributed by atoms with Crippen LogP contribution in [0.2, 0.25) is 0 Å². The van der Waals surface area contributed by atoms with E-state index in [0.29, 0.717) is 13.2 Å². The molecule has 0 fully saturated rings. The van der Waals surface area contributed by atoms with Crippen molar-refractivity contribution in [3.8, 4) is 0 Å². The number of benzene rings is 1. The first-order chi connectivity index (χ1) is 8.36. The summed E-state index contributed by atoms with van der Waals surface area (Å²) in [5, 5.41) is 0. The molecule has 0 radical (unpaired) electrons. The van der Waals surface area contributed by atoms with E-state index in [4.69, 9.17) is 10.6 Å². The summed E-state index contributed by atoms with van der Waals surface area (Å²) in [7, 11) is 1.67. The third kappa shape index (κ3) is 6.04. The number of aliphatic imine (C=N–C) groups is 1. The van der Waals surface area contributed by atoms with Crippen LogP contribution in [-0.2, 0) is 11.2 Å². The van der Waals surface area contributed by atoms with Gasteiger partial charge in [-0.05, 0) is 18.4 Å². The van der Waals surface area contributed by atoms with E-state index in [1.165, 1.54) is 5.56 Å². The van der Waals surface area contributed by atoms with Gasteiger partial charge in [-0.2, -0.15) is 0 Å². The number of hydrazine groups is 1. The predicted molar refractivity (Wildman–Crippen MR) is 70.9 cm³/mol. The molecule has 0 heterocycles. The van der Waals surface area contributed by atoms with Crippen LogP contribution in [0.5, 0.6) is 0 Å². The molecule has 4 nitrogen and oxygen atoms in total. The Bertz CT molecular complexity index is 325. The molecule has 0 unspecified atom stereocenters. The Morgan fingerprint density at radius 2 is 2.12 bits per heavy atom. The van der Waals surface area contributed by atoms with Gasteiger partial charge in [-0.25, -0.2) is 5.84 Å². The molecule has 0 aliphatic carbocycles. The molecule has 0 atom stereocenters. The fourth-order valence-electron chi connectivity index (χ4n) is 1.57. The number of aryl methyl sites for hydroxylation is 1. The van der Waals surface area contributed by atoms with Gasteiger partial charge in [-0.15, -0.1) is 0 Å². The standard InChI is InChI=1S/C13H21N3O/c1-17-11-10-15-13(16-14)9-5-8-12-6-3-2-4-7-12/h2-4,6-7H,5,8-11,14H2,1H3,(H,15,16). The molecule has 0 spiro atoms. The summed E-state index contributed by atoms with van der Waals surface area (Å²) >= 11 is 0. The molecule has 1 rings (SSSR count). The van der Waals surface area contributed by atoms with E-state index in [-0.39, 0.29) is 0 Å². The number of ether oxygens (including phenoxy) is 1. The summed E-state index contributed by atoms with van der Waals surface area (Å²) in [6.07, 6.45) is 2.96. The number of hydrogen-bond donors (Lipinski definition) is 2. The highest BCUT2D eigenvalue weighted by molar-refractivity contribution is 5.81. The Morgan fingerprint density at radius 3 is 2.76 bits per heavy atom. The van der Waals surface area contributed by atoms with Crippen LogP contribution in [-0.4, -0.2) is 26.1 Å². The van der Waals surface area contributed by atoms with Crippen molar-refractivity contribution in [3.05, 3.63) is 35.9 Å². The minimum atomic E-state index is 0.629. The number of nitrogens with zero attached hydrogens (tertiary/aromatic N) is 1. The lowest BCUT2D eigenvalue weighted by Gasteiger charge is -2.06. The summed E-state index contributed by atoms with van der Waals surface area (Å²) in [4.78, 5) is 4.32. The van der Waals surface area contributed by atoms with Crippen LogP contribution in [0.1, 0.15) is 18.4 Å². The fraction of sp³-hybridized carbons (Fsp3) is 0.462. The number of nitrogens with one attached hydrogen (secondary N) is 1. The first-order valence-electron chi connectivity index (χ1n) is 5.89. The molecular formula is C13H21N3O. The normalized spacial score (nSPS) is 11.5. The molecule has 1 aromatic carbocycles. The molecule has 3 N–H and O–H groups in total. The summed E-state index contributed by atoms with van der Waals surface area (Å²) in [5.74, 6) is 6.26. The number of nitrogens with two attached hydrogens (primary N) is 1. The van der Waals surface area contributed by atoms with E-state index in [1.54, 1.807) is 7.11 Å². The van der Waals surface area contributed by atoms with Crippen LogP contribution >= 0.6 is 0 Å². The zero-order valence-corrected chi connectivity index (χ0v) is 10.4. The molecule has 0 aliphatic rings. The van der Waals surface area contributed by atoms with Gasteiger partial charge in [0.2, 0.25) is 0 Å². The van der Waals surface area contributed by atoms with Crippen molar-refractivity contribution in [2.24, 2.45) is 10.8 Å². The Morgan fingerprint density at radius 1 is 1.35 bits per heavy atom. The zero-order chi connectivity index (χ0) is 12.3. The number of amidine groups is 1. The minimum Gasteiger partial charge on any atom is -0.383 e. The number of rotatable bonds is 7. The summed E-state index contributed by atoms with van der Waals surface area (Å²) in [6, 6.07) is 10.4. The van der Waals surface area contributed by atoms with Crippen molar-refractivity contribution in [1.29, 1.82) is 0 Å². The largest absolute Gasteiger partial charge is 0.383 e. The van der Waals surface area contributed by atoms with Crippen LogP contribution in [0.4, 0.5) is 0 Å². The maximum atomic E-state index is 5.41. The van der Waals surface area contributed by atoms with Gasteiger partial charge < -0.3 is 10.2 Å². The van der Waals surface area contributed by atoms with Crippen LogP contribution in [0.15, 0.2) is 35.3 Å². The van der Waals surface area contributed by atoms with Crippen molar-refractivity contribution in [2.45, 2.75) is 19.3 Å². The van der Waals surface area contributed by atoms with Gasteiger partial charge in [-0.3, -0.25) is 4.99 Å². The number of methoxy groups -OCH3 is 1. The molecule has 4 heteroatoms. The highest BCUT2D eigenvalue weighted by atomic mass is 16.5. The van der Waals surface area contributed by atoms with Crippen molar-refractivity contribution >= 4 is 5.84 Å². The molecule has 17 heavy (non-hydrogen) atoms. The lowest BCUT2D eigenvalue weighted by Crippen LogP contribution is -2.30. The molecule has 0 aromatic heterocycles. The quantitative estimate of drug-likeness (QED) is 0.248. The maximum absolute atomic E-state index is 5.41. The van der Waals surface area contributed by atoms with Gasteiger partial charge in [0.15, 0.2) is 0 Å². The van der Waals surface area contributed by atoms with Gasteiger partial charge in [0.1, 0.15) is 5.84 Å². The van der Waals surface area contributed by atoms with E-state index >= 15 is 0 Å². The van der Waals surface area contributed by atoms with E-state index in [9.17, 15) is 0 Å². The Balaban J connectivity index is 2.26. The third-order valence-electron chi connectivity index (χ3n) is 2.49. The van der Waals surface area contributed by atoms with E-state index < -0.39 is 0 Å². The number of hydrogen-bond acceptors (Lipinski definition) is 3. The summed E-state index contributed by atoms with van der Waals surface area (Å²) < 4.78 is 4.93. The lowest BCUT2D eigenvalue weighted by atomic mass is 10.1. The Labute approximate surface area is 103 Å².